The molecular weight excluding hydrogens is 392 g/mol. The van der Waals surface area contributed by atoms with Gasteiger partial charge in [-0.15, -0.1) is 0 Å². The molecule has 1 amide bonds. The van der Waals surface area contributed by atoms with Crippen LogP contribution in [0.25, 0.3) is 0 Å². The largest absolute Gasteiger partial charge is 0.455 e. The molecule has 27 heavy (non-hydrogen) atoms. The van der Waals surface area contributed by atoms with Crippen LogP contribution in [-0.2, 0) is 30.8 Å². The highest BCUT2D eigenvalue weighted by molar-refractivity contribution is 7.89. The number of rotatable bonds is 7. The number of nitrogens with one attached hydrogen (secondary N) is 1. The van der Waals surface area contributed by atoms with Crippen LogP contribution in [0, 0.1) is 0 Å². The van der Waals surface area contributed by atoms with Crippen molar-refractivity contribution in [3.05, 3.63) is 59.1 Å². The highest BCUT2D eigenvalue weighted by Gasteiger charge is 2.17. The molecule has 0 spiro atoms. The van der Waals surface area contributed by atoms with Crippen LogP contribution in [-0.4, -0.2) is 45.3 Å². The number of anilines is 1. The Bertz CT molecular complexity index is 927. The average Bonchev–Trinajstić information content (AvgIpc) is 2.62. The van der Waals surface area contributed by atoms with Gasteiger partial charge >= 0.3 is 5.97 Å². The van der Waals surface area contributed by atoms with Crippen molar-refractivity contribution in [1.29, 1.82) is 0 Å². The van der Waals surface area contributed by atoms with Crippen molar-refractivity contribution < 1.29 is 22.7 Å². The molecule has 0 atom stereocenters. The molecule has 0 saturated carbocycles. The number of benzene rings is 2. The maximum Gasteiger partial charge on any atom is 0.310 e. The maximum absolute atomic E-state index is 12.1. The van der Waals surface area contributed by atoms with Crippen LogP contribution in [0.5, 0.6) is 0 Å². The van der Waals surface area contributed by atoms with Gasteiger partial charge in [-0.05, 0) is 35.9 Å². The zero-order valence-corrected chi connectivity index (χ0v) is 16.4. The Kier molecular flexibility index (Phi) is 6.95. The summed E-state index contributed by atoms with van der Waals surface area (Å²) in [4.78, 5) is 23.8. The lowest BCUT2D eigenvalue weighted by Crippen LogP contribution is -2.23. The first-order valence-corrected chi connectivity index (χ1v) is 9.73. The number of halogens is 1. The summed E-state index contributed by atoms with van der Waals surface area (Å²) < 4.78 is 30.2. The van der Waals surface area contributed by atoms with Crippen LogP contribution in [0.2, 0.25) is 5.02 Å². The maximum atomic E-state index is 12.1. The number of carbonyl (C=O) groups excluding carboxylic acids is 2. The Morgan fingerprint density at radius 1 is 1.11 bits per heavy atom. The quantitative estimate of drug-likeness (QED) is 0.707. The van der Waals surface area contributed by atoms with E-state index in [9.17, 15) is 18.0 Å². The van der Waals surface area contributed by atoms with Gasteiger partial charge in [0.25, 0.3) is 5.91 Å². The van der Waals surface area contributed by atoms with Gasteiger partial charge in [0.05, 0.1) is 11.3 Å². The van der Waals surface area contributed by atoms with E-state index < -0.39 is 28.5 Å². The minimum absolute atomic E-state index is 0.0149. The Balaban J connectivity index is 1.90. The molecule has 144 valence electrons. The minimum atomic E-state index is -3.61. The van der Waals surface area contributed by atoms with Crippen molar-refractivity contribution in [2.75, 3.05) is 26.0 Å². The highest BCUT2D eigenvalue weighted by atomic mass is 35.5. The molecule has 0 heterocycles. The van der Waals surface area contributed by atoms with Gasteiger partial charge in [-0.3, -0.25) is 9.59 Å². The number of carbonyl (C=O) groups is 2. The third-order valence-electron chi connectivity index (χ3n) is 3.52. The van der Waals surface area contributed by atoms with E-state index in [0.29, 0.717) is 10.6 Å². The molecular formula is C18H19ClN2O5S. The molecule has 0 aliphatic heterocycles. The van der Waals surface area contributed by atoms with Crippen molar-refractivity contribution in [3.63, 3.8) is 0 Å². The zero-order valence-electron chi connectivity index (χ0n) is 14.8. The van der Waals surface area contributed by atoms with E-state index in [1.54, 1.807) is 30.3 Å². The fourth-order valence-electron chi connectivity index (χ4n) is 2.11. The number of nitrogens with zero attached hydrogens (tertiary/aromatic N) is 1. The number of amides is 1. The van der Waals surface area contributed by atoms with Crippen LogP contribution >= 0.6 is 11.6 Å². The van der Waals surface area contributed by atoms with E-state index in [2.05, 4.69) is 5.32 Å². The van der Waals surface area contributed by atoms with Gasteiger partial charge in [0.2, 0.25) is 10.0 Å². The first kappa shape index (κ1) is 20.9. The van der Waals surface area contributed by atoms with E-state index >= 15 is 0 Å². The molecule has 2 aromatic rings. The Hall–Kier alpha value is -2.42. The average molecular weight is 411 g/mol. The van der Waals surface area contributed by atoms with E-state index in [1.165, 1.54) is 32.3 Å². The molecule has 9 heteroatoms. The van der Waals surface area contributed by atoms with E-state index in [4.69, 9.17) is 16.3 Å². The Morgan fingerprint density at radius 3 is 2.41 bits per heavy atom. The molecule has 7 nitrogen and oxygen atoms in total. The summed E-state index contributed by atoms with van der Waals surface area (Å²) in [5.41, 5.74) is 1.00. The first-order valence-electron chi connectivity index (χ1n) is 7.91. The minimum Gasteiger partial charge on any atom is -0.455 e. The van der Waals surface area contributed by atoms with Gasteiger partial charge in [0.15, 0.2) is 6.61 Å². The number of hydrogen-bond donors (Lipinski definition) is 1. The number of ether oxygens (including phenoxy) is 1. The fraction of sp³-hybridized carbons (Fsp3) is 0.222. The summed E-state index contributed by atoms with van der Waals surface area (Å²) >= 11 is 5.78. The van der Waals surface area contributed by atoms with Crippen molar-refractivity contribution in [3.8, 4) is 0 Å². The van der Waals surface area contributed by atoms with Gasteiger partial charge in [-0.1, -0.05) is 29.8 Å². The second kappa shape index (κ2) is 8.98. The lowest BCUT2D eigenvalue weighted by atomic mass is 10.1. The molecule has 0 unspecified atom stereocenters. The standard InChI is InChI=1S/C18H19ClN2O5S/c1-21(2)27(24,25)16-5-3-4-15(11-16)20-17(22)12-26-18(23)10-13-6-8-14(19)9-7-13/h3-9,11H,10,12H2,1-2H3,(H,20,22). The lowest BCUT2D eigenvalue weighted by Gasteiger charge is -2.12. The molecule has 2 rings (SSSR count). The number of hydrogen-bond acceptors (Lipinski definition) is 5. The SMILES string of the molecule is CN(C)S(=O)(=O)c1cccc(NC(=O)COC(=O)Cc2ccc(Cl)cc2)c1. The molecule has 0 bridgehead atoms. The second-order valence-electron chi connectivity index (χ2n) is 5.83. The van der Waals surface area contributed by atoms with Crippen molar-refractivity contribution >= 4 is 39.2 Å². The molecule has 0 saturated heterocycles. The number of sulfonamides is 1. The lowest BCUT2D eigenvalue weighted by molar-refractivity contribution is -0.146. The smallest absolute Gasteiger partial charge is 0.310 e. The van der Waals surface area contributed by atoms with Crippen molar-refractivity contribution in [1.82, 2.24) is 4.31 Å². The topological polar surface area (TPSA) is 92.8 Å². The molecule has 0 radical (unpaired) electrons. The van der Waals surface area contributed by atoms with E-state index in [-0.39, 0.29) is 17.0 Å². The van der Waals surface area contributed by atoms with Crippen LogP contribution in [0.3, 0.4) is 0 Å². The first-order chi connectivity index (χ1) is 12.7. The van der Waals surface area contributed by atoms with Crippen LogP contribution in [0.15, 0.2) is 53.4 Å². The van der Waals surface area contributed by atoms with Crippen LogP contribution in [0.4, 0.5) is 5.69 Å². The Morgan fingerprint density at radius 2 is 1.78 bits per heavy atom. The molecule has 0 aromatic heterocycles. The zero-order chi connectivity index (χ0) is 20.0. The van der Waals surface area contributed by atoms with Crippen LogP contribution in [0.1, 0.15) is 5.56 Å². The summed E-state index contributed by atoms with van der Waals surface area (Å²) in [5, 5.41) is 3.06. The Labute approximate surface area is 162 Å². The highest BCUT2D eigenvalue weighted by Crippen LogP contribution is 2.18. The molecule has 0 aliphatic rings. The summed E-state index contributed by atoms with van der Waals surface area (Å²) in [5.74, 6) is -1.13. The van der Waals surface area contributed by atoms with Gasteiger partial charge in [0, 0.05) is 24.8 Å². The van der Waals surface area contributed by atoms with Crippen molar-refractivity contribution in [2.45, 2.75) is 11.3 Å². The number of esters is 1. The van der Waals surface area contributed by atoms with E-state index in [1.807, 2.05) is 0 Å². The van der Waals surface area contributed by atoms with E-state index in [0.717, 1.165) is 4.31 Å². The van der Waals surface area contributed by atoms with Gasteiger partial charge < -0.3 is 10.1 Å². The summed E-state index contributed by atoms with van der Waals surface area (Å²) in [6.45, 7) is -0.475. The third-order valence-corrected chi connectivity index (χ3v) is 5.59. The second-order valence-corrected chi connectivity index (χ2v) is 8.42. The van der Waals surface area contributed by atoms with Gasteiger partial charge in [0.1, 0.15) is 0 Å². The molecule has 0 aliphatic carbocycles. The predicted molar refractivity (Wildman–Crippen MR) is 102 cm³/mol. The summed E-state index contributed by atoms with van der Waals surface area (Å²) in [6, 6.07) is 12.5. The van der Waals surface area contributed by atoms with Crippen molar-refractivity contribution in [2.24, 2.45) is 0 Å². The van der Waals surface area contributed by atoms with Crippen LogP contribution < -0.4 is 5.32 Å². The summed E-state index contributed by atoms with van der Waals surface area (Å²) in [6.07, 6.45) is 0.0149. The van der Waals surface area contributed by atoms with Gasteiger partial charge in [-0.25, -0.2) is 12.7 Å². The van der Waals surface area contributed by atoms with Gasteiger partial charge in [-0.2, -0.15) is 0 Å². The third kappa shape index (κ3) is 6.06. The predicted octanol–water partition coefficient (Wildman–Crippen LogP) is 2.31. The monoisotopic (exact) mass is 410 g/mol. The summed E-state index contributed by atoms with van der Waals surface area (Å²) in [7, 11) is -0.777. The molecule has 2 aromatic carbocycles. The molecule has 0 fully saturated rings. The normalized spacial score (nSPS) is 11.3. The molecule has 1 N–H and O–H groups in total. The fourth-order valence-corrected chi connectivity index (χ4v) is 3.18.